The van der Waals surface area contributed by atoms with E-state index in [0.717, 1.165) is 25.9 Å². The number of alkyl halides is 1. The van der Waals surface area contributed by atoms with Crippen LogP contribution < -0.4 is 5.32 Å². The molecule has 0 saturated carbocycles. The van der Waals surface area contributed by atoms with E-state index in [9.17, 15) is 9.59 Å². The SMILES string of the molecule is CCCN(CCC)C(=O)CNc1c(C2=CCC(Cl)O2)nc2cc(C(=O)OC)ccn12. The molecule has 0 fully saturated rings. The summed E-state index contributed by atoms with van der Waals surface area (Å²) in [6, 6.07) is 3.28. The monoisotopic (exact) mass is 434 g/mol. The van der Waals surface area contributed by atoms with Crippen LogP contribution in [0.2, 0.25) is 0 Å². The number of pyridine rings is 1. The van der Waals surface area contributed by atoms with Crippen molar-refractivity contribution < 1.29 is 19.1 Å². The minimum atomic E-state index is -0.450. The average molecular weight is 435 g/mol. The largest absolute Gasteiger partial charge is 0.472 e. The topological polar surface area (TPSA) is 85.2 Å². The summed E-state index contributed by atoms with van der Waals surface area (Å²) in [7, 11) is 1.33. The molecule has 0 aromatic carbocycles. The van der Waals surface area contributed by atoms with Crippen LogP contribution in [0.4, 0.5) is 5.82 Å². The smallest absolute Gasteiger partial charge is 0.338 e. The Morgan fingerprint density at radius 1 is 1.37 bits per heavy atom. The standard InChI is InChI=1S/C21H27ClN4O4/c1-4-9-25(10-5-2)18(27)13-23-20-19(15-6-7-16(22)30-15)24-17-12-14(21(28)29-3)8-11-26(17)20/h6,8,11-12,16,23H,4-5,7,9-10,13H2,1-3H3. The van der Waals surface area contributed by atoms with Crippen LogP contribution in [-0.2, 0) is 14.3 Å². The number of esters is 1. The van der Waals surface area contributed by atoms with E-state index in [1.54, 1.807) is 22.7 Å². The van der Waals surface area contributed by atoms with Crippen LogP contribution in [0.5, 0.6) is 0 Å². The number of carbonyl (C=O) groups is 2. The van der Waals surface area contributed by atoms with Crippen molar-refractivity contribution in [1.29, 1.82) is 0 Å². The highest BCUT2D eigenvalue weighted by molar-refractivity contribution is 6.20. The first kappa shape index (κ1) is 22.0. The zero-order chi connectivity index (χ0) is 21.7. The molecule has 9 heteroatoms. The summed E-state index contributed by atoms with van der Waals surface area (Å²) in [5.41, 5.74) is 1.02. The van der Waals surface area contributed by atoms with Crippen LogP contribution in [-0.4, -0.2) is 58.5 Å². The second kappa shape index (κ2) is 9.84. The molecule has 3 heterocycles. The molecule has 1 N–H and O–H groups in total. The molecule has 2 aromatic heterocycles. The Labute approximate surface area is 180 Å². The lowest BCUT2D eigenvalue weighted by molar-refractivity contribution is -0.129. The van der Waals surface area contributed by atoms with E-state index < -0.39 is 11.5 Å². The quantitative estimate of drug-likeness (QED) is 0.480. The molecule has 0 bridgehead atoms. The Bertz CT molecular complexity index is 950. The lowest BCUT2D eigenvalue weighted by Crippen LogP contribution is -2.36. The van der Waals surface area contributed by atoms with Crippen molar-refractivity contribution in [2.24, 2.45) is 0 Å². The first-order valence-electron chi connectivity index (χ1n) is 10.1. The van der Waals surface area contributed by atoms with Gasteiger partial charge < -0.3 is 19.7 Å². The molecule has 1 unspecified atom stereocenters. The molecule has 0 spiro atoms. The molecular formula is C21H27ClN4O4. The van der Waals surface area contributed by atoms with Crippen molar-refractivity contribution >= 4 is 40.7 Å². The second-order valence-electron chi connectivity index (χ2n) is 7.01. The number of anilines is 1. The molecule has 2 aromatic rings. The van der Waals surface area contributed by atoms with Gasteiger partial charge in [0.05, 0.1) is 19.2 Å². The third kappa shape index (κ3) is 4.70. The van der Waals surface area contributed by atoms with Crippen LogP contribution in [0, 0.1) is 0 Å². The summed E-state index contributed by atoms with van der Waals surface area (Å²) < 4.78 is 12.2. The van der Waals surface area contributed by atoms with Gasteiger partial charge in [0.15, 0.2) is 5.56 Å². The third-order valence-corrected chi connectivity index (χ3v) is 5.04. The van der Waals surface area contributed by atoms with Gasteiger partial charge in [-0.3, -0.25) is 9.20 Å². The molecule has 0 saturated heterocycles. The molecule has 0 aliphatic carbocycles. The number of fused-ring (bicyclic) bond motifs is 1. The fourth-order valence-electron chi connectivity index (χ4n) is 3.39. The summed E-state index contributed by atoms with van der Waals surface area (Å²) in [6.07, 6.45) is 5.96. The van der Waals surface area contributed by atoms with Crippen LogP contribution in [0.25, 0.3) is 11.4 Å². The maximum Gasteiger partial charge on any atom is 0.338 e. The highest BCUT2D eigenvalue weighted by atomic mass is 35.5. The van der Waals surface area contributed by atoms with E-state index in [-0.39, 0.29) is 12.5 Å². The lowest BCUT2D eigenvalue weighted by atomic mass is 10.3. The fourth-order valence-corrected chi connectivity index (χ4v) is 3.57. The lowest BCUT2D eigenvalue weighted by Gasteiger charge is -2.22. The molecule has 1 aliphatic rings. The zero-order valence-corrected chi connectivity index (χ0v) is 18.2. The van der Waals surface area contributed by atoms with Crippen molar-refractivity contribution in [3.63, 3.8) is 0 Å². The minimum Gasteiger partial charge on any atom is -0.472 e. The van der Waals surface area contributed by atoms with Gasteiger partial charge in [-0.05, 0) is 31.1 Å². The third-order valence-electron chi connectivity index (χ3n) is 4.77. The summed E-state index contributed by atoms with van der Waals surface area (Å²) >= 11 is 6.08. The van der Waals surface area contributed by atoms with Gasteiger partial charge >= 0.3 is 5.97 Å². The van der Waals surface area contributed by atoms with Gasteiger partial charge in [-0.15, -0.1) is 0 Å². The number of rotatable bonds is 9. The van der Waals surface area contributed by atoms with Crippen LogP contribution in [0.1, 0.15) is 49.2 Å². The van der Waals surface area contributed by atoms with Crippen molar-refractivity contribution in [2.45, 2.75) is 38.7 Å². The van der Waals surface area contributed by atoms with Crippen molar-refractivity contribution in [1.82, 2.24) is 14.3 Å². The highest BCUT2D eigenvalue weighted by Crippen LogP contribution is 2.33. The molecule has 8 nitrogen and oxygen atoms in total. The van der Waals surface area contributed by atoms with E-state index in [1.807, 2.05) is 11.0 Å². The van der Waals surface area contributed by atoms with Gasteiger partial charge in [0.2, 0.25) is 5.91 Å². The maximum atomic E-state index is 12.7. The Morgan fingerprint density at radius 2 is 2.10 bits per heavy atom. The van der Waals surface area contributed by atoms with Crippen LogP contribution in [0.3, 0.4) is 0 Å². The average Bonchev–Trinajstić information content (AvgIpc) is 3.33. The molecule has 30 heavy (non-hydrogen) atoms. The summed E-state index contributed by atoms with van der Waals surface area (Å²) in [6.45, 7) is 5.67. The highest BCUT2D eigenvalue weighted by Gasteiger charge is 2.25. The van der Waals surface area contributed by atoms with Gasteiger partial charge in [0.1, 0.15) is 22.9 Å². The number of hydrogen-bond acceptors (Lipinski definition) is 6. The fraction of sp³-hybridized carbons (Fsp3) is 0.476. The number of halogens is 1. The van der Waals surface area contributed by atoms with E-state index in [1.165, 1.54) is 7.11 Å². The van der Waals surface area contributed by atoms with Gasteiger partial charge in [-0.25, -0.2) is 9.78 Å². The summed E-state index contributed by atoms with van der Waals surface area (Å²) in [4.78, 5) is 31.1. The second-order valence-corrected chi connectivity index (χ2v) is 7.50. The normalized spacial score (nSPS) is 15.6. The van der Waals surface area contributed by atoms with E-state index in [2.05, 4.69) is 24.1 Å². The molecule has 1 aliphatic heterocycles. The van der Waals surface area contributed by atoms with Gasteiger partial charge in [-0.1, -0.05) is 25.4 Å². The predicted molar refractivity (Wildman–Crippen MR) is 116 cm³/mol. The molecule has 3 rings (SSSR count). The first-order chi connectivity index (χ1) is 14.5. The van der Waals surface area contributed by atoms with Gasteiger partial charge in [-0.2, -0.15) is 0 Å². The Morgan fingerprint density at radius 3 is 2.70 bits per heavy atom. The molecule has 162 valence electrons. The van der Waals surface area contributed by atoms with E-state index >= 15 is 0 Å². The predicted octanol–water partition coefficient (Wildman–Crippen LogP) is 3.51. The Hall–Kier alpha value is -2.74. The van der Waals surface area contributed by atoms with Crippen molar-refractivity contribution in [2.75, 3.05) is 32.1 Å². The first-order valence-corrected chi connectivity index (χ1v) is 10.5. The zero-order valence-electron chi connectivity index (χ0n) is 17.5. The number of ether oxygens (including phenoxy) is 2. The van der Waals surface area contributed by atoms with Gasteiger partial charge in [0, 0.05) is 25.7 Å². The Balaban J connectivity index is 1.92. The number of carbonyl (C=O) groups excluding carboxylic acids is 2. The van der Waals surface area contributed by atoms with Crippen LogP contribution in [0.15, 0.2) is 24.4 Å². The number of hydrogen-bond donors (Lipinski definition) is 1. The number of methoxy groups -OCH3 is 1. The number of amides is 1. The molecular weight excluding hydrogens is 408 g/mol. The number of aromatic nitrogens is 2. The number of imidazole rings is 1. The van der Waals surface area contributed by atoms with Crippen LogP contribution >= 0.6 is 11.6 Å². The summed E-state index contributed by atoms with van der Waals surface area (Å²) in [5.74, 6) is 0.730. The molecule has 1 atom stereocenters. The Kier molecular flexibility index (Phi) is 7.20. The van der Waals surface area contributed by atoms with Crippen molar-refractivity contribution in [3.05, 3.63) is 35.7 Å². The van der Waals surface area contributed by atoms with Crippen molar-refractivity contribution in [3.8, 4) is 0 Å². The number of nitrogens with zero attached hydrogens (tertiary/aromatic N) is 3. The van der Waals surface area contributed by atoms with E-state index in [0.29, 0.717) is 34.9 Å². The van der Waals surface area contributed by atoms with Gasteiger partial charge in [0.25, 0.3) is 0 Å². The molecule has 0 radical (unpaired) electrons. The summed E-state index contributed by atoms with van der Waals surface area (Å²) in [5, 5.41) is 3.22. The van der Waals surface area contributed by atoms with E-state index in [4.69, 9.17) is 21.1 Å². The maximum absolute atomic E-state index is 12.7. The minimum absolute atomic E-state index is 0.0160. The number of nitrogens with one attached hydrogen (secondary N) is 1. The molecule has 1 amide bonds.